The van der Waals surface area contributed by atoms with Crippen LogP contribution in [0.1, 0.15) is 40.2 Å². The van der Waals surface area contributed by atoms with Crippen LogP contribution >= 0.6 is 0 Å². The van der Waals surface area contributed by atoms with Gasteiger partial charge >= 0.3 is 0 Å². The standard InChI is InChI=1S/C13H21N3/c1-9(2)11(14)10-7-6-8-15-12(10)16-13(3,4)5/h6-9,14H,1-5H3,(H,15,16). The summed E-state index contributed by atoms with van der Waals surface area (Å²) >= 11 is 0. The van der Waals surface area contributed by atoms with Gasteiger partial charge in [-0.25, -0.2) is 4.98 Å². The number of hydrogen-bond donors (Lipinski definition) is 2. The lowest BCUT2D eigenvalue weighted by molar-refractivity contribution is 0.630. The summed E-state index contributed by atoms with van der Waals surface area (Å²) in [4.78, 5) is 4.32. The molecule has 3 nitrogen and oxygen atoms in total. The van der Waals surface area contributed by atoms with Gasteiger partial charge in [0.25, 0.3) is 0 Å². The minimum Gasteiger partial charge on any atom is -0.365 e. The molecular weight excluding hydrogens is 198 g/mol. The maximum atomic E-state index is 8.05. The Morgan fingerprint density at radius 3 is 2.50 bits per heavy atom. The Hall–Kier alpha value is -1.38. The van der Waals surface area contributed by atoms with E-state index < -0.39 is 0 Å². The molecule has 0 amide bonds. The molecular formula is C13H21N3. The van der Waals surface area contributed by atoms with Gasteiger partial charge in [-0.05, 0) is 38.8 Å². The van der Waals surface area contributed by atoms with Crippen LogP contribution in [0.4, 0.5) is 5.82 Å². The molecule has 1 aromatic heterocycles. The number of hydrogen-bond acceptors (Lipinski definition) is 3. The Morgan fingerprint density at radius 2 is 2.00 bits per heavy atom. The highest BCUT2D eigenvalue weighted by atomic mass is 15.0. The summed E-state index contributed by atoms with van der Waals surface area (Å²) in [7, 11) is 0. The molecule has 16 heavy (non-hydrogen) atoms. The van der Waals surface area contributed by atoms with Crippen LogP contribution in [-0.4, -0.2) is 16.2 Å². The topological polar surface area (TPSA) is 48.8 Å². The predicted molar refractivity (Wildman–Crippen MR) is 69.3 cm³/mol. The van der Waals surface area contributed by atoms with Crippen LogP contribution in [0.5, 0.6) is 0 Å². The van der Waals surface area contributed by atoms with Crippen molar-refractivity contribution in [3.8, 4) is 0 Å². The Labute approximate surface area is 97.8 Å². The summed E-state index contributed by atoms with van der Waals surface area (Å²) in [5.41, 5.74) is 1.48. The Balaban J connectivity index is 3.06. The molecule has 0 aliphatic carbocycles. The second kappa shape index (κ2) is 4.64. The largest absolute Gasteiger partial charge is 0.365 e. The number of rotatable bonds is 3. The van der Waals surface area contributed by atoms with Crippen LogP contribution in [0.25, 0.3) is 0 Å². The third-order valence-corrected chi connectivity index (χ3v) is 2.17. The van der Waals surface area contributed by atoms with E-state index in [0.29, 0.717) is 5.71 Å². The average molecular weight is 219 g/mol. The van der Waals surface area contributed by atoms with Gasteiger partial charge in [0, 0.05) is 23.0 Å². The van der Waals surface area contributed by atoms with Crippen molar-refractivity contribution >= 4 is 11.5 Å². The van der Waals surface area contributed by atoms with E-state index in [1.165, 1.54) is 0 Å². The zero-order valence-corrected chi connectivity index (χ0v) is 10.8. The van der Waals surface area contributed by atoms with Crippen molar-refractivity contribution < 1.29 is 0 Å². The molecule has 0 radical (unpaired) electrons. The fourth-order valence-electron chi connectivity index (χ4n) is 1.39. The molecule has 0 atom stereocenters. The fourth-order valence-corrected chi connectivity index (χ4v) is 1.39. The fraction of sp³-hybridized carbons (Fsp3) is 0.538. The molecule has 1 heterocycles. The molecule has 1 aromatic rings. The lowest BCUT2D eigenvalue weighted by Gasteiger charge is -2.23. The lowest BCUT2D eigenvalue weighted by atomic mass is 10.00. The summed E-state index contributed by atoms with van der Waals surface area (Å²) in [6.45, 7) is 10.3. The van der Waals surface area contributed by atoms with Crippen molar-refractivity contribution in [2.45, 2.75) is 40.2 Å². The molecule has 0 aromatic carbocycles. The number of pyridine rings is 1. The van der Waals surface area contributed by atoms with Crippen molar-refractivity contribution in [1.29, 1.82) is 5.41 Å². The maximum absolute atomic E-state index is 8.05. The van der Waals surface area contributed by atoms with Crippen LogP contribution < -0.4 is 5.32 Å². The number of nitrogens with zero attached hydrogens (tertiary/aromatic N) is 1. The highest BCUT2D eigenvalue weighted by Gasteiger charge is 2.16. The quantitative estimate of drug-likeness (QED) is 0.766. The molecule has 0 saturated heterocycles. The molecule has 2 N–H and O–H groups in total. The summed E-state index contributed by atoms with van der Waals surface area (Å²) in [5, 5.41) is 11.4. The van der Waals surface area contributed by atoms with Crippen molar-refractivity contribution in [2.24, 2.45) is 5.92 Å². The van der Waals surface area contributed by atoms with E-state index in [2.05, 4.69) is 31.1 Å². The van der Waals surface area contributed by atoms with E-state index in [9.17, 15) is 0 Å². The van der Waals surface area contributed by atoms with Gasteiger partial charge in [-0.15, -0.1) is 0 Å². The average Bonchev–Trinajstić information content (AvgIpc) is 2.15. The summed E-state index contributed by atoms with van der Waals surface area (Å²) in [6.07, 6.45) is 1.76. The zero-order valence-electron chi connectivity index (χ0n) is 10.8. The molecule has 0 saturated carbocycles. The van der Waals surface area contributed by atoms with E-state index in [-0.39, 0.29) is 11.5 Å². The summed E-state index contributed by atoms with van der Waals surface area (Å²) in [6, 6.07) is 3.82. The Morgan fingerprint density at radius 1 is 1.38 bits per heavy atom. The third kappa shape index (κ3) is 3.33. The van der Waals surface area contributed by atoms with Gasteiger partial charge < -0.3 is 10.7 Å². The Bertz CT molecular complexity index is 375. The van der Waals surface area contributed by atoms with E-state index in [1.807, 2.05) is 26.0 Å². The van der Waals surface area contributed by atoms with Crippen LogP contribution in [-0.2, 0) is 0 Å². The van der Waals surface area contributed by atoms with Crippen molar-refractivity contribution in [1.82, 2.24) is 4.98 Å². The van der Waals surface area contributed by atoms with Crippen molar-refractivity contribution in [3.63, 3.8) is 0 Å². The summed E-state index contributed by atoms with van der Waals surface area (Å²) in [5.74, 6) is 1.01. The van der Waals surface area contributed by atoms with Crippen LogP contribution in [0.2, 0.25) is 0 Å². The van der Waals surface area contributed by atoms with Gasteiger partial charge in [-0.1, -0.05) is 13.8 Å². The smallest absolute Gasteiger partial charge is 0.135 e. The van der Waals surface area contributed by atoms with Gasteiger partial charge in [-0.3, -0.25) is 0 Å². The molecule has 88 valence electrons. The normalized spacial score (nSPS) is 11.6. The first-order valence-electron chi connectivity index (χ1n) is 5.63. The maximum Gasteiger partial charge on any atom is 0.135 e. The highest BCUT2D eigenvalue weighted by molar-refractivity contribution is 6.03. The first-order valence-corrected chi connectivity index (χ1v) is 5.63. The molecule has 0 fully saturated rings. The first-order chi connectivity index (χ1) is 7.31. The molecule has 0 spiro atoms. The van der Waals surface area contributed by atoms with Crippen molar-refractivity contribution in [2.75, 3.05) is 5.32 Å². The van der Waals surface area contributed by atoms with Gasteiger partial charge in [0.1, 0.15) is 5.82 Å². The number of aromatic nitrogens is 1. The Kier molecular flexibility index (Phi) is 3.68. The molecule has 0 aliphatic rings. The molecule has 0 aliphatic heterocycles. The van der Waals surface area contributed by atoms with Crippen molar-refractivity contribution in [3.05, 3.63) is 23.9 Å². The lowest BCUT2D eigenvalue weighted by Crippen LogP contribution is -2.28. The highest BCUT2D eigenvalue weighted by Crippen LogP contribution is 2.19. The number of anilines is 1. The SMILES string of the molecule is CC(C)C(=N)c1cccnc1NC(C)(C)C. The first kappa shape index (κ1) is 12.7. The van der Waals surface area contributed by atoms with Gasteiger partial charge in [0.2, 0.25) is 0 Å². The zero-order chi connectivity index (χ0) is 12.3. The third-order valence-electron chi connectivity index (χ3n) is 2.17. The van der Waals surface area contributed by atoms with E-state index in [1.54, 1.807) is 6.20 Å². The minimum absolute atomic E-state index is 0.0413. The molecule has 0 unspecified atom stereocenters. The van der Waals surface area contributed by atoms with Gasteiger partial charge in [0.05, 0.1) is 0 Å². The van der Waals surface area contributed by atoms with Gasteiger partial charge in [-0.2, -0.15) is 0 Å². The second-order valence-corrected chi connectivity index (χ2v) is 5.34. The van der Waals surface area contributed by atoms with E-state index in [4.69, 9.17) is 5.41 Å². The molecule has 0 bridgehead atoms. The minimum atomic E-state index is -0.0413. The van der Waals surface area contributed by atoms with E-state index >= 15 is 0 Å². The van der Waals surface area contributed by atoms with E-state index in [0.717, 1.165) is 11.4 Å². The monoisotopic (exact) mass is 219 g/mol. The van der Waals surface area contributed by atoms with Crippen LogP contribution in [0.15, 0.2) is 18.3 Å². The number of nitrogens with one attached hydrogen (secondary N) is 2. The molecule has 1 rings (SSSR count). The van der Waals surface area contributed by atoms with Gasteiger partial charge in [0.15, 0.2) is 0 Å². The van der Waals surface area contributed by atoms with Crippen LogP contribution in [0, 0.1) is 11.3 Å². The second-order valence-electron chi connectivity index (χ2n) is 5.34. The predicted octanol–water partition coefficient (Wildman–Crippen LogP) is 3.32. The van der Waals surface area contributed by atoms with Crippen LogP contribution in [0.3, 0.4) is 0 Å². The summed E-state index contributed by atoms with van der Waals surface area (Å²) < 4.78 is 0. The molecule has 3 heteroatoms.